The number of anilines is 2. The molecule has 2 aromatic heterocycles. The molecule has 46 heavy (non-hydrogen) atoms. The van der Waals surface area contributed by atoms with Crippen molar-refractivity contribution in [2.75, 3.05) is 24.3 Å². The van der Waals surface area contributed by atoms with Crippen LogP contribution in [0.2, 0.25) is 0 Å². The summed E-state index contributed by atoms with van der Waals surface area (Å²) < 4.78 is 2.80. The van der Waals surface area contributed by atoms with Gasteiger partial charge < -0.3 is 21.3 Å². The maximum atomic E-state index is 13.8. The minimum absolute atomic E-state index is 0.0225. The first-order chi connectivity index (χ1) is 22.0. The Morgan fingerprint density at radius 1 is 1.13 bits per heavy atom. The first kappa shape index (κ1) is 33.1. The van der Waals surface area contributed by atoms with Crippen LogP contribution in [0.3, 0.4) is 0 Å². The van der Waals surface area contributed by atoms with Crippen LogP contribution < -0.4 is 27.0 Å². The molecule has 1 atom stereocenters. The summed E-state index contributed by atoms with van der Waals surface area (Å²) in [6.07, 6.45) is 4.26. The molecule has 2 aromatic carbocycles. The molecule has 0 aliphatic carbocycles. The van der Waals surface area contributed by atoms with Crippen LogP contribution in [-0.4, -0.2) is 57.4 Å². The summed E-state index contributed by atoms with van der Waals surface area (Å²) in [6, 6.07) is 14.9. The Balaban J connectivity index is 1.67. The van der Waals surface area contributed by atoms with Crippen molar-refractivity contribution < 1.29 is 14.4 Å². The summed E-state index contributed by atoms with van der Waals surface area (Å²) in [6.45, 7) is 5.43. The van der Waals surface area contributed by atoms with E-state index in [0.29, 0.717) is 40.4 Å². The van der Waals surface area contributed by atoms with Crippen LogP contribution in [0.1, 0.15) is 67.7 Å². The second kappa shape index (κ2) is 14.3. The van der Waals surface area contributed by atoms with Gasteiger partial charge in [0.2, 0.25) is 0 Å². The Labute approximate surface area is 266 Å². The van der Waals surface area contributed by atoms with Gasteiger partial charge in [0, 0.05) is 54.9 Å². The molecule has 0 aliphatic heterocycles. The van der Waals surface area contributed by atoms with Gasteiger partial charge in [-0.15, -0.1) is 0 Å². The maximum Gasteiger partial charge on any atom is 0.350 e. The van der Waals surface area contributed by atoms with E-state index in [1.54, 1.807) is 58.4 Å². The van der Waals surface area contributed by atoms with Gasteiger partial charge in [-0.25, -0.2) is 19.0 Å². The van der Waals surface area contributed by atoms with Crippen LogP contribution >= 0.6 is 0 Å². The van der Waals surface area contributed by atoms with Gasteiger partial charge in [0.1, 0.15) is 17.4 Å². The number of aldehydes is 1. The van der Waals surface area contributed by atoms with Crippen LogP contribution in [0.15, 0.2) is 76.7 Å². The molecule has 0 aliphatic rings. The molecule has 13 heteroatoms. The molecular formula is C33H37N9O4. The van der Waals surface area contributed by atoms with Crippen LogP contribution in [0.5, 0.6) is 0 Å². The Kier molecular flexibility index (Phi) is 10.3. The third-order valence-corrected chi connectivity index (χ3v) is 7.37. The number of pyridine rings is 1. The number of rotatable bonds is 11. The Morgan fingerprint density at radius 3 is 2.46 bits per heavy atom. The lowest BCUT2D eigenvalue weighted by atomic mass is 9.94. The topological polar surface area (TPSA) is 170 Å². The third-order valence-electron chi connectivity index (χ3n) is 7.37. The molecule has 2 heterocycles. The molecule has 0 saturated carbocycles. The molecule has 0 spiro atoms. The van der Waals surface area contributed by atoms with Gasteiger partial charge in [0.25, 0.3) is 11.8 Å². The zero-order valence-corrected chi connectivity index (χ0v) is 26.6. The van der Waals surface area contributed by atoms with Crippen molar-refractivity contribution in [2.45, 2.75) is 33.2 Å². The summed E-state index contributed by atoms with van der Waals surface area (Å²) in [5.74, 6) is -0.533. The first-order valence-electron chi connectivity index (χ1n) is 14.5. The number of benzene rings is 2. The summed E-state index contributed by atoms with van der Waals surface area (Å²) in [5.41, 5.74) is 8.95. The summed E-state index contributed by atoms with van der Waals surface area (Å²) in [4.78, 5) is 61.7. The number of hydrogen-bond donors (Lipinski definition) is 3. The van der Waals surface area contributed by atoms with Crippen molar-refractivity contribution in [1.82, 2.24) is 24.6 Å². The van der Waals surface area contributed by atoms with E-state index in [-0.39, 0.29) is 22.8 Å². The number of aryl methyl sites for hydroxylation is 3. The minimum atomic E-state index is -0.575. The number of nitrogens with one attached hydrogen (secondary N) is 2. The highest BCUT2D eigenvalue weighted by Gasteiger charge is 2.27. The number of nitrogens with two attached hydrogens (primary N) is 1. The van der Waals surface area contributed by atoms with E-state index in [9.17, 15) is 19.2 Å². The molecule has 4 rings (SSSR count). The second-order valence-corrected chi connectivity index (χ2v) is 10.6. The second-order valence-electron chi connectivity index (χ2n) is 10.6. The van der Waals surface area contributed by atoms with Gasteiger partial charge in [0.05, 0.1) is 11.7 Å². The van der Waals surface area contributed by atoms with Crippen molar-refractivity contribution in [3.05, 3.63) is 111 Å². The molecule has 2 amide bonds. The van der Waals surface area contributed by atoms with E-state index >= 15 is 0 Å². The molecule has 1 unspecified atom stereocenters. The molecule has 0 fully saturated rings. The molecule has 0 radical (unpaired) electrons. The van der Waals surface area contributed by atoms with Crippen molar-refractivity contribution in [3.8, 4) is 5.69 Å². The molecule has 0 bridgehead atoms. The monoisotopic (exact) mass is 623 g/mol. The number of aromatic nitrogens is 4. The SMILES string of the molecule is CCC(c1c(C=O)cc(C)nc1C(=O)Nc1cccc(C(=O)N=C(N)/C=C\NC)c1)N(C)c1ccc(-n2c(C)nn(C)c2=O)cc1. The number of amides is 2. The van der Waals surface area contributed by atoms with E-state index in [4.69, 9.17) is 5.73 Å². The van der Waals surface area contributed by atoms with Gasteiger partial charge >= 0.3 is 5.69 Å². The average molecular weight is 624 g/mol. The predicted molar refractivity (Wildman–Crippen MR) is 178 cm³/mol. The predicted octanol–water partition coefficient (Wildman–Crippen LogP) is 3.47. The van der Waals surface area contributed by atoms with Crippen LogP contribution in [0, 0.1) is 13.8 Å². The normalized spacial score (nSPS) is 12.2. The summed E-state index contributed by atoms with van der Waals surface area (Å²) >= 11 is 0. The minimum Gasteiger partial charge on any atom is -0.394 e. The lowest BCUT2D eigenvalue weighted by Gasteiger charge is -2.31. The van der Waals surface area contributed by atoms with Gasteiger partial charge in [-0.3, -0.25) is 14.4 Å². The highest BCUT2D eigenvalue weighted by atomic mass is 16.2. The smallest absolute Gasteiger partial charge is 0.350 e. The fourth-order valence-electron chi connectivity index (χ4n) is 5.21. The lowest BCUT2D eigenvalue weighted by Crippen LogP contribution is -2.29. The first-order valence-corrected chi connectivity index (χ1v) is 14.5. The Bertz CT molecular complexity index is 1890. The van der Waals surface area contributed by atoms with Crippen molar-refractivity contribution in [1.29, 1.82) is 0 Å². The van der Waals surface area contributed by atoms with E-state index < -0.39 is 17.9 Å². The highest BCUT2D eigenvalue weighted by molar-refractivity contribution is 6.08. The number of aliphatic imine (C=N–C) groups is 1. The lowest BCUT2D eigenvalue weighted by molar-refractivity contribution is 0.0997. The van der Waals surface area contributed by atoms with Gasteiger partial charge in [-0.05, 0) is 81.1 Å². The zero-order chi connectivity index (χ0) is 33.5. The van der Waals surface area contributed by atoms with Crippen molar-refractivity contribution in [2.24, 2.45) is 17.8 Å². The van der Waals surface area contributed by atoms with E-state index in [2.05, 4.69) is 25.7 Å². The largest absolute Gasteiger partial charge is 0.394 e. The Hall–Kier alpha value is -5.85. The fraction of sp³-hybridized carbons (Fsp3) is 0.242. The molecular weight excluding hydrogens is 586 g/mol. The standard InChI is InChI=1S/C33H37N9O4/c1-7-27(40(5)25-11-13-26(14-12-25)42-21(3)39-41(6)33(42)46)29-23(19-43)17-20(2)36-30(29)32(45)37-24-10-8-9-22(18-24)31(44)38-28(34)15-16-35-4/h8-19,27,35H,7H2,1-6H3,(H,37,45)(H2,34,38,44)/b16-15-. The third kappa shape index (κ3) is 7.09. The molecule has 4 N–H and O–H groups in total. The molecule has 0 saturated heterocycles. The van der Waals surface area contributed by atoms with Crippen LogP contribution in [0.4, 0.5) is 11.4 Å². The maximum absolute atomic E-state index is 13.8. The van der Waals surface area contributed by atoms with Crippen LogP contribution in [0.25, 0.3) is 5.69 Å². The zero-order valence-electron chi connectivity index (χ0n) is 26.6. The van der Waals surface area contributed by atoms with Gasteiger partial charge in [0.15, 0.2) is 6.29 Å². The Morgan fingerprint density at radius 2 is 1.85 bits per heavy atom. The van der Waals surface area contributed by atoms with E-state index in [1.807, 2.05) is 43.1 Å². The molecule has 4 aromatic rings. The van der Waals surface area contributed by atoms with Crippen molar-refractivity contribution >= 4 is 35.3 Å². The number of nitrogens with zero attached hydrogens (tertiary/aromatic N) is 6. The van der Waals surface area contributed by atoms with Crippen molar-refractivity contribution in [3.63, 3.8) is 0 Å². The number of hydrogen-bond acceptors (Lipinski definition) is 8. The summed E-state index contributed by atoms with van der Waals surface area (Å²) in [5, 5.41) is 9.78. The molecule has 238 valence electrons. The fourth-order valence-corrected chi connectivity index (χ4v) is 5.21. The van der Waals surface area contributed by atoms with Crippen LogP contribution in [-0.2, 0) is 7.05 Å². The number of amidine groups is 1. The quantitative estimate of drug-likeness (QED) is 0.129. The molecule has 13 nitrogen and oxygen atoms in total. The van der Waals surface area contributed by atoms with E-state index in [1.165, 1.54) is 21.4 Å². The average Bonchev–Trinajstić information content (AvgIpc) is 3.30. The van der Waals surface area contributed by atoms with Gasteiger partial charge in [-0.2, -0.15) is 10.1 Å². The van der Waals surface area contributed by atoms with Gasteiger partial charge in [-0.1, -0.05) is 13.0 Å². The van der Waals surface area contributed by atoms with E-state index in [0.717, 1.165) is 12.0 Å². The number of carbonyl (C=O) groups excluding carboxylic acids is 3. The highest BCUT2D eigenvalue weighted by Crippen LogP contribution is 2.33. The number of carbonyl (C=O) groups is 3. The summed E-state index contributed by atoms with van der Waals surface area (Å²) in [7, 11) is 5.16.